The van der Waals surface area contributed by atoms with Crippen LogP contribution in [0.2, 0.25) is 0 Å². The third-order valence-corrected chi connectivity index (χ3v) is 5.63. The summed E-state index contributed by atoms with van der Waals surface area (Å²) in [5.74, 6) is -2.32. The fourth-order valence-corrected chi connectivity index (χ4v) is 3.75. The van der Waals surface area contributed by atoms with E-state index in [9.17, 15) is 13.6 Å². The number of pyridine rings is 1. The van der Waals surface area contributed by atoms with Crippen molar-refractivity contribution < 1.29 is 18.3 Å². The Kier molecular flexibility index (Phi) is 7.20. The molecule has 184 valence electrons. The summed E-state index contributed by atoms with van der Waals surface area (Å²) in [6.45, 7) is 8.11. The summed E-state index contributed by atoms with van der Waals surface area (Å²) in [4.78, 5) is 27.9. The first-order valence-electron chi connectivity index (χ1n) is 11.5. The second-order valence-electron chi connectivity index (χ2n) is 8.37. The predicted octanol–water partition coefficient (Wildman–Crippen LogP) is 4.48. The van der Waals surface area contributed by atoms with Crippen molar-refractivity contribution in [2.45, 2.75) is 26.7 Å². The first-order chi connectivity index (χ1) is 16.7. The second-order valence-corrected chi connectivity index (χ2v) is 8.37. The number of benzene rings is 1. The van der Waals surface area contributed by atoms with Gasteiger partial charge in [-0.25, -0.2) is 4.98 Å². The Morgan fingerprint density at radius 2 is 1.91 bits per heavy atom. The third-order valence-electron chi connectivity index (χ3n) is 5.63. The minimum Gasteiger partial charge on any atom is -0.378 e. The number of carbonyl (C=O) groups is 1. The highest BCUT2D eigenvalue weighted by atomic mass is 19.3. The van der Waals surface area contributed by atoms with Gasteiger partial charge in [-0.3, -0.25) is 9.78 Å². The van der Waals surface area contributed by atoms with Crippen LogP contribution in [0.4, 0.5) is 26.2 Å². The SMILES string of the molecule is CCNc1nc(-c2cc(NC(=O)c3ccnc(C(C)(F)F)c3)ccc2C)cc(N2CCOCC2)n1. The number of nitrogens with one attached hydrogen (secondary N) is 2. The van der Waals surface area contributed by atoms with Crippen LogP contribution in [0.15, 0.2) is 42.6 Å². The minimum absolute atomic E-state index is 0.102. The summed E-state index contributed by atoms with van der Waals surface area (Å²) in [5, 5.41) is 5.98. The van der Waals surface area contributed by atoms with E-state index in [1.54, 1.807) is 6.07 Å². The molecule has 0 spiro atoms. The second kappa shape index (κ2) is 10.3. The molecule has 1 saturated heterocycles. The number of alkyl halides is 2. The highest BCUT2D eigenvalue weighted by molar-refractivity contribution is 6.04. The molecular formula is C25H28F2N6O2. The maximum Gasteiger partial charge on any atom is 0.286 e. The lowest BCUT2D eigenvalue weighted by molar-refractivity contribution is 0.0127. The van der Waals surface area contributed by atoms with E-state index in [0.717, 1.165) is 43.0 Å². The molecule has 8 nitrogen and oxygen atoms in total. The van der Waals surface area contributed by atoms with Gasteiger partial charge in [0.05, 0.1) is 18.9 Å². The summed E-state index contributed by atoms with van der Waals surface area (Å²) < 4.78 is 32.7. The summed E-state index contributed by atoms with van der Waals surface area (Å²) in [7, 11) is 0. The van der Waals surface area contributed by atoms with E-state index < -0.39 is 17.5 Å². The van der Waals surface area contributed by atoms with Gasteiger partial charge < -0.3 is 20.3 Å². The normalized spacial score (nSPS) is 14.0. The molecule has 4 rings (SSSR count). The molecule has 1 aromatic carbocycles. The molecule has 10 heteroatoms. The first kappa shape index (κ1) is 24.5. The van der Waals surface area contributed by atoms with E-state index in [0.29, 0.717) is 37.1 Å². The molecule has 0 unspecified atom stereocenters. The largest absolute Gasteiger partial charge is 0.378 e. The van der Waals surface area contributed by atoms with Gasteiger partial charge in [-0.2, -0.15) is 13.8 Å². The zero-order chi connectivity index (χ0) is 25.0. The fraction of sp³-hybridized carbons (Fsp3) is 0.360. The van der Waals surface area contributed by atoms with Crippen LogP contribution >= 0.6 is 0 Å². The van der Waals surface area contributed by atoms with Crippen LogP contribution in [0.3, 0.4) is 0 Å². The van der Waals surface area contributed by atoms with Gasteiger partial charge in [0.1, 0.15) is 11.5 Å². The van der Waals surface area contributed by atoms with E-state index in [1.807, 2.05) is 32.0 Å². The van der Waals surface area contributed by atoms with Crippen molar-refractivity contribution in [2.24, 2.45) is 0 Å². The number of hydrogen-bond donors (Lipinski definition) is 2. The van der Waals surface area contributed by atoms with Crippen LogP contribution < -0.4 is 15.5 Å². The van der Waals surface area contributed by atoms with Gasteiger partial charge in [-0.05, 0) is 43.7 Å². The Hall–Kier alpha value is -3.66. The Bertz CT molecular complexity index is 1210. The topological polar surface area (TPSA) is 92.3 Å². The highest BCUT2D eigenvalue weighted by Crippen LogP contribution is 2.30. The molecule has 0 saturated carbocycles. The van der Waals surface area contributed by atoms with Gasteiger partial charge in [0.25, 0.3) is 11.8 Å². The number of halogens is 2. The van der Waals surface area contributed by atoms with Gasteiger partial charge in [-0.15, -0.1) is 0 Å². The zero-order valence-electron chi connectivity index (χ0n) is 19.9. The van der Waals surface area contributed by atoms with Crippen LogP contribution in [0.1, 0.15) is 35.5 Å². The molecule has 3 heterocycles. The number of anilines is 3. The Morgan fingerprint density at radius 3 is 2.63 bits per heavy atom. The van der Waals surface area contributed by atoms with Gasteiger partial charge in [0.15, 0.2) is 0 Å². The van der Waals surface area contributed by atoms with Gasteiger partial charge >= 0.3 is 0 Å². The molecular weight excluding hydrogens is 454 g/mol. The van der Waals surface area contributed by atoms with Crippen molar-refractivity contribution >= 4 is 23.4 Å². The molecule has 1 aliphatic rings. The van der Waals surface area contributed by atoms with Crippen molar-refractivity contribution in [2.75, 3.05) is 48.4 Å². The number of ether oxygens (including phenoxy) is 1. The number of aromatic nitrogens is 3. The third kappa shape index (κ3) is 5.89. The zero-order valence-corrected chi connectivity index (χ0v) is 19.9. The van der Waals surface area contributed by atoms with Crippen molar-refractivity contribution in [1.29, 1.82) is 0 Å². The van der Waals surface area contributed by atoms with Gasteiger partial charge in [0.2, 0.25) is 5.95 Å². The number of hydrogen-bond acceptors (Lipinski definition) is 7. The summed E-state index contributed by atoms with van der Waals surface area (Å²) >= 11 is 0. The maximum atomic E-state index is 13.6. The number of carbonyl (C=O) groups excluding carboxylic acids is 1. The van der Waals surface area contributed by atoms with Crippen molar-refractivity contribution in [3.63, 3.8) is 0 Å². The van der Waals surface area contributed by atoms with E-state index in [4.69, 9.17) is 4.74 Å². The van der Waals surface area contributed by atoms with Crippen LogP contribution in [-0.4, -0.2) is 53.7 Å². The number of rotatable bonds is 7. The number of aryl methyl sites for hydroxylation is 1. The molecule has 35 heavy (non-hydrogen) atoms. The van der Waals surface area contributed by atoms with E-state index in [2.05, 4.69) is 30.5 Å². The Morgan fingerprint density at radius 1 is 1.14 bits per heavy atom. The van der Waals surface area contributed by atoms with Gasteiger partial charge in [0, 0.05) is 55.6 Å². The smallest absolute Gasteiger partial charge is 0.286 e. The van der Waals surface area contributed by atoms with E-state index >= 15 is 0 Å². The summed E-state index contributed by atoms with van der Waals surface area (Å²) in [6, 6.07) is 9.91. The standard InChI is InChI=1S/C25H28F2N6O2/c1-4-28-24-31-20(15-22(32-24)33-9-11-35-12-10-33)19-14-18(6-5-16(19)2)30-23(34)17-7-8-29-21(13-17)25(3,26)27/h5-8,13-15H,4,9-12H2,1-3H3,(H,30,34)(H,28,31,32). The summed E-state index contributed by atoms with van der Waals surface area (Å²) in [5.41, 5.74) is 2.67. The van der Waals surface area contributed by atoms with Crippen LogP contribution in [0.5, 0.6) is 0 Å². The summed E-state index contributed by atoms with van der Waals surface area (Å²) in [6.07, 6.45) is 1.21. The number of morpholine rings is 1. The monoisotopic (exact) mass is 482 g/mol. The molecule has 1 amide bonds. The number of amides is 1. The minimum atomic E-state index is -3.14. The number of nitrogens with zero attached hydrogens (tertiary/aromatic N) is 4. The van der Waals surface area contributed by atoms with E-state index in [1.165, 1.54) is 12.3 Å². The van der Waals surface area contributed by atoms with Crippen molar-refractivity contribution in [3.05, 3.63) is 59.4 Å². The van der Waals surface area contributed by atoms with Crippen molar-refractivity contribution in [3.8, 4) is 11.3 Å². The lowest BCUT2D eigenvalue weighted by Crippen LogP contribution is -2.37. The average molecular weight is 483 g/mol. The van der Waals surface area contributed by atoms with Crippen LogP contribution in [0, 0.1) is 6.92 Å². The molecule has 0 bridgehead atoms. The lowest BCUT2D eigenvalue weighted by Gasteiger charge is -2.28. The molecule has 1 aliphatic heterocycles. The lowest BCUT2D eigenvalue weighted by atomic mass is 10.0. The van der Waals surface area contributed by atoms with E-state index in [-0.39, 0.29) is 5.56 Å². The fourth-order valence-electron chi connectivity index (χ4n) is 3.75. The molecule has 0 atom stereocenters. The quantitative estimate of drug-likeness (QED) is 0.513. The van der Waals surface area contributed by atoms with Crippen LogP contribution in [-0.2, 0) is 10.7 Å². The Balaban J connectivity index is 1.64. The first-order valence-corrected chi connectivity index (χ1v) is 11.5. The molecule has 0 radical (unpaired) electrons. The molecule has 2 N–H and O–H groups in total. The maximum absolute atomic E-state index is 13.6. The van der Waals surface area contributed by atoms with Crippen molar-refractivity contribution in [1.82, 2.24) is 15.0 Å². The van der Waals surface area contributed by atoms with Gasteiger partial charge in [-0.1, -0.05) is 6.07 Å². The van der Waals surface area contributed by atoms with Crippen LogP contribution in [0.25, 0.3) is 11.3 Å². The highest BCUT2D eigenvalue weighted by Gasteiger charge is 2.27. The predicted molar refractivity (Wildman–Crippen MR) is 131 cm³/mol. The molecule has 2 aromatic heterocycles. The molecule has 0 aliphatic carbocycles. The Labute approximate surface area is 202 Å². The average Bonchev–Trinajstić information content (AvgIpc) is 2.85. The molecule has 1 fully saturated rings. The molecule has 3 aromatic rings.